The molecule has 1 saturated heterocycles. The van der Waals surface area contributed by atoms with Gasteiger partial charge in [0.05, 0.1) is 30.9 Å². The topological polar surface area (TPSA) is 76.8 Å². The number of nitrogens with zero attached hydrogens (tertiary/aromatic N) is 1. The van der Waals surface area contributed by atoms with E-state index in [2.05, 4.69) is 10.2 Å². The van der Waals surface area contributed by atoms with Crippen LogP contribution in [0.3, 0.4) is 0 Å². The van der Waals surface area contributed by atoms with Crippen molar-refractivity contribution in [2.75, 3.05) is 57.6 Å². The Labute approximate surface area is 129 Å². The van der Waals surface area contributed by atoms with Gasteiger partial charge in [-0.05, 0) is 0 Å². The number of carbonyl (C=O) groups excluding carboxylic acids is 1. The van der Waals surface area contributed by atoms with Crippen LogP contribution in [-0.4, -0.2) is 57.2 Å². The lowest BCUT2D eigenvalue weighted by Gasteiger charge is -2.26. The Hall–Kier alpha value is -1.31. The number of methoxy groups -OCH3 is 1. The van der Waals surface area contributed by atoms with Crippen LogP contribution >= 0.6 is 11.3 Å². The molecule has 0 aromatic carbocycles. The first-order valence-electron chi connectivity index (χ1n) is 7.20. The summed E-state index contributed by atoms with van der Waals surface area (Å²) in [6.45, 7) is 7.07. The fourth-order valence-electron chi connectivity index (χ4n) is 2.27. The minimum Gasteiger partial charge on any atom is -0.492 e. The fraction of sp³-hybridized carbons (Fsp3) is 0.643. The van der Waals surface area contributed by atoms with Gasteiger partial charge in [-0.2, -0.15) is 0 Å². The number of thiophene rings is 1. The predicted molar refractivity (Wildman–Crippen MR) is 85.7 cm³/mol. The second kappa shape index (κ2) is 7.63. The van der Waals surface area contributed by atoms with Crippen LogP contribution < -0.4 is 15.8 Å². The van der Waals surface area contributed by atoms with E-state index < -0.39 is 0 Å². The summed E-state index contributed by atoms with van der Waals surface area (Å²) in [7, 11) is 1.58. The van der Waals surface area contributed by atoms with E-state index in [0.29, 0.717) is 22.7 Å². The number of nitrogens with one attached hydrogen (secondary N) is 1. The maximum Gasteiger partial charge on any atom is 0.176 e. The first-order chi connectivity index (χ1) is 10.2. The van der Waals surface area contributed by atoms with E-state index in [9.17, 15) is 4.79 Å². The average molecular weight is 313 g/mol. The van der Waals surface area contributed by atoms with Gasteiger partial charge in [0.25, 0.3) is 0 Å². The summed E-state index contributed by atoms with van der Waals surface area (Å²) in [4.78, 5) is 14.8. The molecule has 0 unspecified atom stereocenters. The molecule has 118 valence electrons. The number of ketones is 1. The molecule has 6 nitrogen and oxygen atoms in total. The summed E-state index contributed by atoms with van der Waals surface area (Å²) in [5.74, 6) is 0.635. The number of carbonyl (C=O) groups is 1. The molecule has 0 aliphatic carbocycles. The van der Waals surface area contributed by atoms with Crippen molar-refractivity contribution in [1.29, 1.82) is 0 Å². The molecule has 0 amide bonds. The maximum atomic E-state index is 11.9. The number of nitrogen functional groups attached to an aromatic ring is 1. The highest BCUT2D eigenvalue weighted by Crippen LogP contribution is 2.42. The molecule has 0 spiro atoms. The van der Waals surface area contributed by atoms with Gasteiger partial charge in [0.1, 0.15) is 5.00 Å². The van der Waals surface area contributed by atoms with E-state index in [1.54, 1.807) is 7.11 Å². The Morgan fingerprint density at radius 2 is 2.19 bits per heavy atom. The molecule has 3 N–H and O–H groups in total. The minimum atomic E-state index is 0.0528. The monoisotopic (exact) mass is 313 g/mol. The van der Waals surface area contributed by atoms with Crippen molar-refractivity contribution in [3.63, 3.8) is 0 Å². The molecular weight excluding hydrogens is 290 g/mol. The van der Waals surface area contributed by atoms with Gasteiger partial charge in [0.15, 0.2) is 11.5 Å². The minimum absolute atomic E-state index is 0.0528. The first-order valence-corrected chi connectivity index (χ1v) is 8.02. The standard InChI is InChI=1S/C14H23N3O3S/c1-3-10(18)13-11(15)12(19-2)14(21-13)16-4-5-17-6-8-20-9-7-17/h16H,3-9,15H2,1-2H3. The lowest BCUT2D eigenvalue weighted by atomic mass is 10.2. The third-order valence-corrected chi connectivity index (χ3v) is 4.68. The van der Waals surface area contributed by atoms with Crippen LogP contribution in [0.5, 0.6) is 5.75 Å². The highest BCUT2D eigenvalue weighted by Gasteiger charge is 2.20. The number of Topliss-reactive ketones (excluding diaryl/α,β-unsaturated/α-hetero) is 1. The van der Waals surface area contributed by atoms with Gasteiger partial charge in [-0.25, -0.2) is 0 Å². The molecule has 2 rings (SSSR count). The Balaban J connectivity index is 1.97. The molecule has 0 bridgehead atoms. The van der Waals surface area contributed by atoms with E-state index in [-0.39, 0.29) is 5.78 Å². The van der Waals surface area contributed by atoms with Gasteiger partial charge in [-0.15, -0.1) is 11.3 Å². The molecule has 1 aromatic rings. The van der Waals surface area contributed by atoms with Crippen LogP contribution in [0.4, 0.5) is 10.7 Å². The SMILES string of the molecule is CCC(=O)c1sc(NCCN2CCOCC2)c(OC)c1N. The molecule has 0 radical (unpaired) electrons. The summed E-state index contributed by atoms with van der Waals surface area (Å²) >= 11 is 1.38. The third kappa shape index (κ3) is 3.87. The number of rotatable bonds is 7. The fourth-order valence-corrected chi connectivity index (χ4v) is 3.39. The summed E-state index contributed by atoms with van der Waals surface area (Å²) in [5, 5.41) is 4.16. The summed E-state index contributed by atoms with van der Waals surface area (Å²) < 4.78 is 10.7. The predicted octanol–water partition coefficient (Wildman–Crippen LogP) is 1.68. The highest BCUT2D eigenvalue weighted by atomic mass is 32.1. The van der Waals surface area contributed by atoms with E-state index in [0.717, 1.165) is 44.4 Å². The van der Waals surface area contributed by atoms with Crippen LogP contribution in [0, 0.1) is 0 Å². The van der Waals surface area contributed by atoms with Gasteiger partial charge in [0, 0.05) is 32.6 Å². The second-order valence-corrected chi connectivity index (χ2v) is 5.89. The lowest BCUT2D eigenvalue weighted by Crippen LogP contribution is -2.38. The maximum absolute atomic E-state index is 11.9. The Bertz CT molecular complexity index is 484. The van der Waals surface area contributed by atoms with E-state index in [1.807, 2.05) is 6.92 Å². The Kier molecular flexibility index (Phi) is 5.84. The van der Waals surface area contributed by atoms with Crippen molar-refractivity contribution in [3.05, 3.63) is 4.88 Å². The van der Waals surface area contributed by atoms with Crippen LogP contribution in [0.2, 0.25) is 0 Å². The van der Waals surface area contributed by atoms with Crippen LogP contribution in [0.1, 0.15) is 23.0 Å². The number of morpholine rings is 1. The van der Waals surface area contributed by atoms with Gasteiger partial charge in [-0.1, -0.05) is 6.92 Å². The van der Waals surface area contributed by atoms with Crippen molar-refractivity contribution < 1.29 is 14.3 Å². The molecule has 0 atom stereocenters. The van der Waals surface area contributed by atoms with Gasteiger partial charge >= 0.3 is 0 Å². The molecule has 21 heavy (non-hydrogen) atoms. The molecule has 7 heteroatoms. The quantitative estimate of drug-likeness (QED) is 0.746. The molecule has 1 aliphatic heterocycles. The van der Waals surface area contributed by atoms with Crippen molar-refractivity contribution in [2.45, 2.75) is 13.3 Å². The third-order valence-electron chi connectivity index (χ3n) is 3.50. The number of hydrogen-bond acceptors (Lipinski definition) is 7. The average Bonchev–Trinajstić information content (AvgIpc) is 2.83. The number of nitrogens with two attached hydrogens (primary N) is 1. The highest BCUT2D eigenvalue weighted by molar-refractivity contribution is 7.19. The van der Waals surface area contributed by atoms with Crippen LogP contribution in [0.25, 0.3) is 0 Å². The molecule has 1 aliphatic rings. The van der Waals surface area contributed by atoms with E-state index >= 15 is 0 Å². The molecule has 1 fully saturated rings. The molecule has 0 saturated carbocycles. The van der Waals surface area contributed by atoms with Gasteiger partial charge in [-0.3, -0.25) is 9.69 Å². The van der Waals surface area contributed by atoms with Crippen molar-refractivity contribution >= 4 is 27.8 Å². The zero-order valence-electron chi connectivity index (χ0n) is 12.6. The molecule has 1 aromatic heterocycles. The second-order valence-electron chi connectivity index (χ2n) is 4.86. The largest absolute Gasteiger partial charge is 0.492 e. The Morgan fingerprint density at radius 3 is 2.81 bits per heavy atom. The number of hydrogen-bond donors (Lipinski definition) is 2. The van der Waals surface area contributed by atoms with Crippen molar-refractivity contribution in [1.82, 2.24) is 4.90 Å². The molecular formula is C14H23N3O3S. The van der Waals surface area contributed by atoms with E-state index in [1.165, 1.54) is 11.3 Å². The zero-order chi connectivity index (χ0) is 15.2. The lowest BCUT2D eigenvalue weighted by molar-refractivity contribution is 0.0398. The smallest absolute Gasteiger partial charge is 0.176 e. The van der Waals surface area contributed by atoms with Crippen LogP contribution in [-0.2, 0) is 4.74 Å². The summed E-state index contributed by atoms with van der Waals surface area (Å²) in [5.41, 5.74) is 6.45. The van der Waals surface area contributed by atoms with E-state index in [4.69, 9.17) is 15.2 Å². The normalized spacial score (nSPS) is 15.9. The van der Waals surface area contributed by atoms with Gasteiger partial charge in [0.2, 0.25) is 0 Å². The van der Waals surface area contributed by atoms with Crippen molar-refractivity contribution in [3.8, 4) is 5.75 Å². The Morgan fingerprint density at radius 1 is 1.48 bits per heavy atom. The number of anilines is 2. The summed E-state index contributed by atoms with van der Waals surface area (Å²) in [6.07, 6.45) is 0.446. The van der Waals surface area contributed by atoms with Crippen molar-refractivity contribution in [2.24, 2.45) is 0 Å². The zero-order valence-corrected chi connectivity index (χ0v) is 13.4. The van der Waals surface area contributed by atoms with Gasteiger partial charge < -0.3 is 20.5 Å². The number of ether oxygens (including phenoxy) is 2. The summed E-state index contributed by atoms with van der Waals surface area (Å²) in [6, 6.07) is 0. The molecule has 2 heterocycles. The first kappa shape index (κ1) is 16.1. The van der Waals surface area contributed by atoms with Crippen LogP contribution in [0.15, 0.2) is 0 Å².